The van der Waals surface area contributed by atoms with Crippen LogP contribution in [0.4, 0.5) is 0 Å². The second-order valence-electron chi connectivity index (χ2n) is 7.53. The van der Waals surface area contributed by atoms with E-state index in [0.29, 0.717) is 18.8 Å². The number of amides is 3. The van der Waals surface area contributed by atoms with Gasteiger partial charge >= 0.3 is 0 Å². The van der Waals surface area contributed by atoms with Crippen molar-refractivity contribution in [3.05, 3.63) is 30.1 Å². The van der Waals surface area contributed by atoms with Crippen molar-refractivity contribution in [3.63, 3.8) is 0 Å². The molecule has 0 bridgehead atoms. The molecule has 0 radical (unpaired) electrons. The number of carbonyl (C=O) groups excluding carboxylic acids is 4. The number of primary amides is 1. The minimum atomic E-state index is -1.74. The molecule has 2 N–H and O–H groups in total. The lowest BCUT2D eigenvalue weighted by Crippen LogP contribution is -2.64. The second kappa shape index (κ2) is 6.44. The van der Waals surface area contributed by atoms with Crippen LogP contribution >= 0.6 is 0 Å². The van der Waals surface area contributed by atoms with Gasteiger partial charge in [0, 0.05) is 19.2 Å². The summed E-state index contributed by atoms with van der Waals surface area (Å²) in [5.74, 6) is -1.43. The van der Waals surface area contributed by atoms with Gasteiger partial charge in [-0.15, -0.1) is 0 Å². The third kappa shape index (κ3) is 2.70. The first-order chi connectivity index (χ1) is 13.0. The number of pyridine rings is 1. The van der Waals surface area contributed by atoms with Crippen molar-refractivity contribution in [3.8, 4) is 0 Å². The molecule has 3 aliphatic rings. The molecule has 1 aromatic heterocycles. The summed E-state index contributed by atoms with van der Waals surface area (Å²) in [6.45, 7) is 0.00423. The van der Waals surface area contributed by atoms with Crippen molar-refractivity contribution >= 4 is 23.5 Å². The Hall–Kier alpha value is -2.77. The third-order valence-corrected chi connectivity index (χ3v) is 5.93. The van der Waals surface area contributed by atoms with E-state index < -0.39 is 29.2 Å². The molecule has 1 saturated carbocycles. The highest BCUT2D eigenvalue weighted by molar-refractivity contribution is 6.18. The van der Waals surface area contributed by atoms with Crippen molar-refractivity contribution < 1.29 is 19.2 Å². The third-order valence-electron chi connectivity index (χ3n) is 5.93. The van der Waals surface area contributed by atoms with Crippen LogP contribution in [0.2, 0.25) is 0 Å². The molecule has 2 unspecified atom stereocenters. The molecule has 8 nitrogen and oxygen atoms in total. The van der Waals surface area contributed by atoms with E-state index in [2.05, 4.69) is 4.98 Å². The second-order valence-corrected chi connectivity index (χ2v) is 7.53. The number of likely N-dealkylation sites (tertiary alicyclic amines) is 2. The Bertz CT molecular complexity index is 807. The summed E-state index contributed by atoms with van der Waals surface area (Å²) >= 11 is 0. The van der Waals surface area contributed by atoms with Crippen LogP contribution in [-0.2, 0) is 14.4 Å². The van der Waals surface area contributed by atoms with Crippen LogP contribution in [0.3, 0.4) is 0 Å². The van der Waals surface area contributed by atoms with Crippen molar-refractivity contribution in [2.24, 2.45) is 11.7 Å². The first-order valence-electron chi connectivity index (χ1n) is 9.32. The highest BCUT2D eigenvalue weighted by Crippen LogP contribution is 2.41. The van der Waals surface area contributed by atoms with E-state index in [0.717, 1.165) is 19.3 Å². The summed E-state index contributed by atoms with van der Waals surface area (Å²) in [5.41, 5.74) is 4.11. The lowest BCUT2D eigenvalue weighted by atomic mass is 9.88. The Morgan fingerprint density at radius 1 is 1.22 bits per heavy atom. The number of hydrogen-bond acceptors (Lipinski definition) is 5. The van der Waals surface area contributed by atoms with Gasteiger partial charge in [0.25, 0.3) is 11.8 Å². The fourth-order valence-electron chi connectivity index (χ4n) is 4.39. The van der Waals surface area contributed by atoms with E-state index >= 15 is 0 Å². The van der Waals surface area contributed by atoms with Crippen LogP contribution in [0.25, 0.3) is 0 Å². The molecular weight excluding hydrogens is 348 g/mol. The van der Waals surface area contributed by atoms with Crippen molar-refractivity contribution in [2.75, 3.05) is 13.1 Å². The Morgan fingerprint density at radius 2 is 2.00 bits per heavy atom. The largest absolute Gasteiger partial charge is 0.367 e. The lowest BCUT2D eigenvalue weighted by Gasteiger charge is -2.34. The van der Waals surface area contributed by atoms with Gasteiger partial charge in [-0.2, -0.15) is 0 Å². The molecule has 3 amide bonds. The van der Waals surface area contributed by atoms with E-state index in [1.807, 2.05) is 0 Å². The molecule has 3 fully saturated rings. The van der Waals surface area contributed by atoms with Gasteiger partial charge in [0.05, 0.1) is 12.6 Å². The zero-order valence-electron chi connectivity index (χ0n) is 15.0. The van der Waals surface area contributed by atoms with Crippen LogP contribution in [0.15, 0.2) is 24.4 Å². The van der Waals surface area contributed by atoms with Gasteiger partial charge in [0.1, 0.15) is 5.69 Å². The molecule has 4 rings (SSSR count). The summed E-state index contributed by atoms with van der Waals surface area (Å²) < 4.78 is 0. The fraction of sp³-hybridized carbons (Fsp3) is 0.526. The van der Waals surface area contributed by atoms with Gasteiger partial charge in [-0.3, -0.25) is 24.2 Å². The maximum Gasteiger partial charge on any atom is 0.273 e. The maximum absolute atomic E-state index is 12.9. The zero-order valence-corrected chi connectivity index (χ0v) is 15.0. The summed E-state index contributed by atoms with van der Waals surface area (Å²) in [7, 11) is 0. The first-order valence-corrected chi connectivity index (χ1v) is 9.32. The van der Waals surface area contributed by atoms with Crippen LogP contribution in [0.1, 0.15) is 42.6 Å². The molecule has 1 aliphatic carbocycles. The Morgan fingerprint density at radius 3 is 2.63 bits per heavy atom. The van der Waals surface area contributed by atoms with Gasteiger partial charge in [-0.05, 0) is 30.9 Å². The smallest absolute Gasteiger partial charge is 0.273 e. The van der Waals surface area contributed by atoms with Crippen molar-refractivity contribution in [1.82, 2.24) is 14.8 Å². The van der Waals surface area contributed by atoms with E-state index in [4.69, 9.17) is 5.73 Å². The van der Waals surface area contributed by atoms with Gasteiger partial charge in [-0.1, -0.05) is 18.9 Å². The number of rotatable bonds is 5. The standard InChI is InChI=1S/C19H22N4O4/c20-18(27)19-14(8-10-23(19)16(25)7-6-12-4-5-12)22(11-15(19)24)17(26)13-3-1-2-9-21-13/h1-3,9,12,14H,4-8,10-11H2,(H2,20,27). The van der Waals surface area contributed by atoms with Crippen LogP contribution < -0.4 is 5.73 Å². The Kier molecular flexibility index (Phi) is 4.20. The van der Waals surface area contributed by atoms with Gasteiger partial charge in [-0.25, -0.2) is 0 Å². The zero-order chi connectivity index (χ0) is 19.2. The predicted octanol–water partition coefficient (Wildman–Crippen LogP) is 0.122. The number of aromatic nitrogens is 1. The van der Waals surface area contributed by atoms with Crippen LogP contribution in [0, 0.1) is 5.92 Å². The lowest BCUT2D eigenvalue weighted by molar-refractivity contribution is -0.149. The van der Waals surface area contributed by atoms with Gasteiger partial charge in [0.2, 0.25) is 11.4 Å². The number of ketones is 1. The van der Waals surface area contributed by atoms with Crippen LogP contribution in [0.5, 0.6) is 0 Å². The number of carbonyl (C=O) groups is 4. The number of nitrogens with two attached hydrogens (primary N) is 1. The molecule has 27 heavy (non-hydrogen) atoms. The Labute approximate surface area is 156 Å². The van der Waals surface area contributed by atoms with Gasteiger partial charge in [0.15, 0.2) is 5.78 Å². The van der Waals surface area contributed by atoms with E-state index in [-0.39, 0.29) is 24.7 Å². The van der Waals surface area contributed by atoms with E-state index in [1.54, 1.807) is 18.2 Å². The molecule has 0 spiro atoms. The summed E-state index contributed by atoms with van der Waals surface area (Å²) in [6, 6.07) is 4.20. The number of hydrogen-bond donors (Lipinski definition) is 1. The summed E-state index contributed by atoms with van der Waals surface area (Å²) in [6.07, 6.45) is 5.16. The monoisotopic (exact) mass is 370 g/mol. The number of nitrogens with zero attached hydrogens (tertiary/aromatic N) is 3. The molecule has 2 atom stereocenters. The van der Waals surface area contributed by atoms with Crippen molar-refractivity contribution in [2.45, 2.75) is 43.7 Å². The minimum absolute atomic E-state index is 0.198. The fourth-order valence-corrected chi connectivity index (χ4v) is 4.39. The molecule has 3 heterocycles. The summed E-state index contributed by atoms with van der Waals surface area (Å²) in [4.78, 5) is 57.7. The SMILES string of the molecule is NC(=O)C12C(=O)CN(C(=O)c3ccccn3)C1CCN2C(=O)CCC1CC1. The summed E-state index contributed by atoms with van der Waals surface area (Å²) in [5, 5.41) is 0. The molecule has 0 aromatic carbocycles. The Balaban J connectivity index is 1.62. The molecule has 8 heteroatoms. The average Bonchev–Trinajstić information content (AvgIpc) is 3.33. The first kappa shape index (κ1) is 17.6. The average molecular weight is 370 g/mol. The topological polar surface area (TPSA) is 114 Å². The molecule has 2 aliphatic heterocycles. The van der Waals surface area contributed by atoms with Crippen LogP contribution in [-0.4, -0.2) is 63.0 Å². The minimum Gasteiger partial charge on any atom is -0.367 e. The maximum atomic E-state index is 12.9. The normalized spacial score (nSPS) is 27.0. The number of fused-ring (bicyclic) bond motifs is 1. The quantitative estimate of drug-likeness (QED) is 0.740. The molecular formula is C19H22N4O4. The molecule has 2 saturated heterocycles. The van der Waals surface area contributed by atoms with Crippen molar-refractivity contribution in [1.29, 1.82) is 0 Å². The van der Waals surface area contributed by atoms with E-state index in [1.165, 1.54) is 16.0 Å². The molecule has 142 valence electrons. The van der Waals surface area contributed by atoms with Gasteiger partial charge < -0.3 is 15.5 Å². The highest BCUT2D eigenvalue weighted by Gasteiger charge is 2.67. The molecule has 1 aromatic rings. The number of Topliss-reactive ketones (excluding diaryl/α,β-unsaturated/α-hetero) is 1. The highest BCUT2D eigenvalue weighted by atomic mass is 16.2. The predicted molar refractivity (Wildman–Crippen MR) is 94.3 cm³/mol. The van der Waals surface area contributed by atoms with E-state index in [9.17, 15) is 19.2 Å².